The van der Waals surface area contributed by atoms with E-state index in [1.54, 1.807) is 6.26 Å². The summed E-state index contributed by atoms with van der Waals surface area (Å²) in [5.41, 5.74) is 2.97. The molecule has 4 heteroatoms. The SMILES string of the molecule is Cc1cc(Cl)cc(-c2nc(CNC3CC3)co2)c1. The van der Waals surface area contributed by atoms with Crippen molar-refractivity contribution in [2.45, 2.75) is 32.4 Å². The van der Waals surface area contributed by atoms with Crippen molar-refractivity contribution in [3.8, 4) is 11.5 Å². The lowest BCUT2D eigenvalue weighted by molar-refractivity contribution is 0.570. The van der Waals surface area contributed by atoms with E-state index < -0.39 is 0 Å². The molecule has 2 aromatic rings. The normalized spacial score (nSPS) is 15.0. The number of oxazole rings is 1. The lowest BCUT2D eigenvalue weighted by Crippen LogP contribution is -2.15. The number of hydrogen-bond donors (Lipinski definition) is 1. The minimum Gasteiger partial charge on any atom is -0.444 e. The minimum absolute atomic E-state index is 0.633. The molecule has 0 atom stereocenters. The van der Waals surface area contributed by atoms with Crippen molar-refractivity contribution >= 4 is 11.6 Å². The van der Waals surface area contributed by atoms with E-state index in [0.29, 0.717) is 17.0 Å². The van der Waals surface area contributed by atoms with Gasteiger partial charge in [0.15, 0.2) is 0 Å². The van der Waals surface area contributed by atoms with Crippen molar-refractivity contribution in [1.82, 2.24) is 10.3 Å². The van der Waals surface area contributed by atoms with Crippen LogP contribution >= 0.6 is 11.6 Å². The van der Waals surface area contributed by atoms with Gasteiger partial charge in [0.2, 0.25) is 5.89 Å². The fourth-order valence-electron chi connectivity index (χ4n) is 1.92. The van der Waals surface area contributed by atoms with Crippen LogP contribution in [0, 0.1) is 6.92 Å². The van der Waals surface area contributed by atoms with Crippen LogP contribution in [0.4, 0.5) is 0 Å². The molecule has 0 unspecified atom stereocenters. The Kier molecular flexibility index (Phi) is 3.10. The molecular weight excluding hydrogens is 248 g/mol. The van der Waals surface area contributed by atoms with Gasteiger partial charge in [-0.25, -0.2) is 4.98 Å². The first-order valence-electron chi connectivity index (χ1n) is 6.16. The number of hydrogen-bond acceptors (Lipinski definition) is 3. The van der Waals surface area contributed by atoms with Gasteiger partial charge in [0.05, 0.1) is 5.69 Å². The Balaban J connectivity index is 1.78. The molecule has 1 aliphatic carbocycles. The Labute approximate surface area is 111 Å². The van der Waals surface area contributed by atoms with Crippen LogP contribution in [0.3, 0.4) is 0 Å². The summed E-state index contributed by atoms with van der Waals surface area (Å²) in [5.74, 6) is 0.633. The second-order valence-corrected chi connectivity index (χ2v) is 5.25. The fraction of sp³-hybridized carbons (Fsp3) is 0.357. The zero-order valence-corrected chi connectivity index (χ0v) is 11.0. The number of benzene rings is 1. The third-order valence-corrected chi connectivity index (χ3v) is 3.21. The molecule has 3 rings (SSSR count). The summed E-state index contributed by atoms with van der Waals surface area (Å²) in [6, 6.07) is 6.50. The van der Waals surface area contributed by atoms with Crippen LogP contribution in [0.5, 0.6) is 0 Å². The first-order chi connectivity index (χ1) is 8.70. The van der Waals surface area contributed by atoms with Gasteiger partial charge in [-0.05, 0) is 43.5 Å². The van der Waals surface area contributed by atoms with E-state index in [1.165, 1.54) is 12.8 Å². The summed E-state index contributed by atoms with van der Waals surface area (Å²) >= 11 is 6.04. The Morgan fingerprint density at radius 1 is 1.39 bits per heavy atom. The van der Waals surface area contributed by atoms with Gasteiger partial charge in [-0.2, -0.15) is 0 Å². The topological polar surface area (TPSA) is 38.1 Å². The number of nitrogens with zero attached hydrogens (tertiary/aromatic N) is 1. The number of nitrogens with one attached hydrogen (secondary N) is 1. The van der Waals surface area contributed by atoms with E-state index in [4.69, 9.17) is 16.0 Å². The molecule has 18 heavy (non-hydrogen) atoms. The summed E-state index contributed by atoms with van der Waals surface area (Å²) in [6.07, 6.45) is 4.26. The van der Waals surface area contributed by atoms with E-state index >= 15 is 0 Å². The molecule has 0 aliphatic heterocycles. The summed E-state index contributed by atoms with van der Waals surface area (Å²) in [4.78, 5) is 4.47. The predicted octanol–water partition coefficient (Wildman–Crippen LogP) is 3.56. The summed E-state index contributed by atoms with van der Waals surface area (Å²) in [5, 5.41) is 4.12. The highest BCUT2D eigenvalue weighted by molar-refractivity contribution is 6.30. The second-order valence-electron chi connectivity index (χ2n) is 4.82. The molecule has 1 fully saturated rings. The standard InChI is InChI=1S/C14H15ClN2O/c1-9-4-10(6-11(15)5-9)14-17-13(8-18-14)7-16-12-2-3-12/h4-6,8,12,16H,2-3,7H2,1H3. The number of halogens is 1. The van der Waals surface area contributed by atoms with Crippen molar-refractivity contribution < 1.29 is 4.42 Å². The van der Waals surface area contributed by atoms with Crippen LogP contribution < -0.4 is 5.32 Å². The number of aryl methyl sites for hydroxylation is 1. The molecule has 1 saturated carbocycles. The van der Waals surface area contributed by atoms with Gasteiger partial charge in [-0.15, -0.1) is 0 Å². The maximum atomic E-state index is 6.04. The molecule has 1 aromatic carbocycles. The summed E-state index contributed by atoms with van der Waals surface area (Å²) in [6.45, 7) is 2.78. The van der Waals surface area contributed by atoms with Gasteiger partial charge in [0.1, 0.15) is 6.26 Å². The van der Waals surface area contributed by atoms with Crippen LogP contribution in [0.1, 0.15) is 24.1 Å². The van der Waals surface area contributed by atoms with Gasteiger partial charge < -0.3 is 9.73 Å². The first kappa shape index (κ1) is 11.8. The highest BCUT2D eigenvalue weighted by atomic mass is 35.5. The van der Waals surface area contributed by atoms with Gasteiger partial charge in [-0.3, -0.25) is 0 Å². The molecular formula is C14H15ClN2O. The second kappa shape index (κ2) is 4.75. The molecule has 0 bridgehead atoms. The molecule has 0 spiro atoms. The Bertz CT molecular complexity index is 540. The fourth-order valence-corrected chi connectivity index (χ4v) is 2.21. The van der Waals surface area contributed by atoms with E-state index in [1.807, 2.05) is 25.1 Å². The highest BCUT2D eigenvalue weighted by Crippen LogP contribution is 2.24. The van der Waals surface area contributed by atoms with Gasteiger partial charge in [0, 0.05) is 23.2 Å². The summed E-state index contributed by atoms with van der Waals surface area (Å²) in [7, 11) is 0. The smallest absolute Gasteiger partial charge is 0.226 e. The van der Waals surface area contributed by atoms with E-state index in [9.17, 15) is 0 Å². The third kappa shape index (κ3) is 2.74. The average molecular weight is 263 g/mol. The first-order valence-corrected chi connectivity index (χ1v) is 6.54. The third-order valence-electron chi connectivity index (χ3n) is 2.99. The molecule has 1 heterocycles. The molecule has 0 saturated heterocycles. The van der Waals surface area contributed by atoms with Crippen molar-refractivity contribution in [1.29, 1.82) is 0 Å². The molecule has 0 radical (unpaired) electrons. The zero-order chi connectivity index (χ0) is 12.5. The van der Waals surface area contributed by atoms with Crippen LogP contribution in [0.15, 0.2) is 28.9 Å². The van der Waals surface area contributed by atoms with Crippen molar-refractivity contribution in [2.75, 3.05) is 0 Å². The predicted molar refractivity (Wildman–Crippen MR) is 71.5 cm³/mol. The van der Waals surface area contributed by atoms with Gasteiger partial charge in [0.25, 0.3) is 0 Å². The van der Waals surface area contributed by atoms with Gasteiger partial charge >= 0.3 is 0 Å². The maximum absolute atomic E-state index is 6.04. The minimum atomic E-state index is 0.633. The lowest BCUT2D eigenvalue weighted by Gasteiger charge is -1.99. The van der Waals surface area contributed by atoms with Crippen molar-refractivity contribution in [2.24, 2.45) is 0 Å². The molecule has 94 valence electrons. The lowest BCUT2D eigenvalue weighted by atomic mass is 10.1. The molecule has 1 N–H and O–H groups in total. The Morgan fingerprint density at radius 3 is 2.94 bits per heavy atom. The molecule has 1 aliphatic rings. The van der Waals surface area contributed by atoms with Crippen LogP contribution in [-0.2, 0) is 6.54 Å². The molecule has 1 aromatic heterocycles. The Hall–Kier alpha value is -1.32. The van der Waals surface area contributed by atoms with Crippen molar-refractivity contribution in [3.63, 3.8) is 0 Å². The number of aromatic nitrogens is 1. The molecule has 0 amide bonds. The number of rotatable bonds is 4. The quantitative estimate of drug-likeness (QED) is 0.916. The molecule has 3 nitrogen and oxygen atoms in total. The van der Waals surface area contributed by atoms with Crippen LogP contribution in [0.2, 0.25) is 5.02 Å². The van der Waals surface area contributed by atoms with E-state index in [2.05, 4.69) is 10.3 Å². The van der Waals surface area contributed by atoms with Crippen molar-refractivity contribution in [3.05, 3.63) is 40.7 Å². The van der Waals surface area contributed by atoms with E-state index in [-0.39, 0.29) is 0 Å². The van der Waals surface area contributed by atoms with Crippen LogP contribution in [0.25, 0.3) is 11.5 Å². The van der Waals surface area contributed by atoms with Gasteiger partial charge in [-0.1, -0.05) is 11.6 Å². The average Bonchev–Trinajstić information content (AvgIpc) is 3.02. The largest absolute Gasteiger partial charge is 0.444 e. The zero-order valence-electron chi connectivity index (χ0n) is 10.2. The van der Waals surface area contributed by atoms with E-state index in [0.717, 1.165) is 23.4 Å². The maximum Gasteiger partial charge on any atom is 0.226 e. The highest BCUT2D eigenvalue weighted by Gasteiger charge is 2.20. The van der Waals surface area contributed by atoms with Crippen LogP contribution in [-0.4, -0.2) is 11.0 Å². The summed E-state index contributed by atoms with van der Waals surface area (Å²) < 4.78 is 5.50. The Morgan fingerprint density at radius 2 is 2.22 bits per heavy atom. The monoisotopic (exact) mass is 262 g/mol.